The summed E-state index contributed by atoms with van der Waals surface area (Å²) in [6.45, 7) is 1.51. The van der Waals surface area contributed by atoms with Crippen molar-refractivity contribution >= 4 is 23.5 Å². The van der Waals surface area contributed by atoms with Crippen LogP contribution in [0, 0.1) is 0 Å². The highest BCUT2D eigenvalue weighted by Gasteiger charge is 2.32. The summed E-state index contributed by atoms with van der Waals surface area (Å²) in [6, 6.07) is 15.1. The van der Waals surface area contributed by atoms with Gasteiger partial charge < -0.3 is 10.1 Å². The van der Waals surface area contributed by atoms with Gasteiger partial charge in [-0.05, 0) is 29.2 Å². The first kappa shape index (κ1) is 19.4. The number of ether oxygens (including phenoxy) is 1. The highest BCUT2D eigenvalue weighted by atomic mass is 35.5. The van der Waals surface area contributed by atoms with Gasteiger partial charge in [0.05, 0.1) is 7.11 Å². The van der Waals surface area contributed by atoms with E-state index in [-0.39, 0.29) is 17.9 Å². The molecule has 0 fully saturated rings. The van der Waals surface area contributed by atoms with Crippen LogP contribution in [0.5, 0.6) is 0 Å². The first-order valence-corrected chi connectivity index (χ1v) is 9.35. The van der Waals surface area contributed by atoms with Crippen LogP contribution in [-0.2, 0) is 33.8 Å². The summed E-state index contributed by atoms with van der Waals surface area (Å²) in [6.07, 6.45) is 0.907. The molecule has 0 aliphatic carbocycles. The first-order valence-electron chi connectivity index (χ1n) is 8.97. The van der Waals surface area contributed by atoms with Crippen LogP contribution in [0.2, 0.25) is 5.02 Å². The Kier molecular flexibility index (Phi) is 6.48. The Morgan fingerprint density at radius 1 is 1.15 bits per heavy atom. The Labute approximate surface area is 164 Å². The highest BCUT2D eigenvalue weighted by molar-refractivity contribution is 6.31. The van der Waals surface area contributed by atoms with Crippen molar-refractivity contribution in [2.24, 2.45) is 0 Å². The molecule has 1 amide bonds. The summed E-state index contributed by atoms with van der Waals surface area (Å²) in [7, 11) is 1.40. The van der Waals surface area contributed by atoms with Gasteiger partial charge in [0.1, 0.15) is 6.04 Å². The van der Waals surface area contributed by atoms with E-state index in [0.29, 0.717) is 37.5 Å². The van der Waals surface area contributed by atoms with Gasteiger partial charge in [-0.2, -0.15) is 0 Å². The van der Waals surface area contributed by atoms with Gasteiger partial charge in [0, 0.05) is 31.1 Å². The molecule has 0 saturated carbocycles. The molecule has 0 aromatic heterocycles. The summed E-state index contributed by atoms with van der Waals surface area (Å²) in [4.78, 5) is 26.5. The minimum absolute atomic E-state index is 0.0719. The first-order chi connectivity index (χ1) is 13.1. The molecule has 0 bridgehead atoms. The third-order valence-corrected chi connectivity index (χ3v) is 5.25. The SMILES string of the molecule is COC(=O)C1Cc2ccccc2CN1CCC(=O)NCc1ccccc1Cl. The number of fused-ring (bicyclic) bond motifs is 1. The van der Waals surface area contributed by atoms with Crippen LogP contribution in [0.25, 0.3) is 0 Å². The molecular weight excluding hydrogens is 364 g/mol. The second kappa shape index (κ2) is 9.02. The van der Waals surface area contributed by atoms with E-state index < -0.39 is 0 Å². The van der Waals surface area contributed by atoms with Gasteiger partial charge >= 0.3 is 5.97 Å². The van der Waals surface area contributed by atoms with Crippen LogP contribution in [0.3, 0.4) is 0 Å². The molecule has 0 spiro atoms. The summed E-state index contributed by atoms with van der Waals surface area (Å²) in [5, 5.41) is 3.53. The Balaban J connectivity index is 1.58. The number of hydrogen-bond acceptors (Lipinski definition) is 4. The van der Waals surface area contributed by atoms with E-state index in [1.165, 1.54) is 12.7 Å². The number of carbonyl (C=O) groups is 2. The maximum Gasteiger partial charge on any atom is 0.323 e. The molecule has 27 heavy (non-hydrogen) atoms. The Bertz CT molecular complexity index is 825. The molecule has 5 nitrogen and oxygen atoms in total. The fourth-order valence-corrected chi connectivity index (χ4v) is 3.55. The second-order valence-corrected chi connectivity index (χ2v) is 7.01. The summed E-state index contributed by atoms with van der Waals surface area (Å²) < 4.78 is 4.96. The van der Waals surface area contributed by atoms with E-state index in [1.807, 2.05) is 41.3 Å². The van der Waals surface area contributed by atoms with Crippen molar-refractivity contribution in [1.29, 1.82) is 0 Å². The third-order valence-electron chi connectivity index (χ3n) is 4.88. The lowest BCUT2D eigenvalue weighted by Crippen LogP contribution is -2.47. The largest absolute Gasteiger partial charge is 0.468 e. The van der Waals surface area contributed by atoms with Gasteiger partial charge in [-0.25, -0.2) is 0 Å². The number of methoxy groups -OCH3 is 1. The molecule has 142 valence electrons. The van der Waals surface area contributed by atoms with Gasteiger partial charge in [0.25, 0.3) is 0 Å². The number of amides is 1. The van der Waals surface area contributed by atoms with Crippen LogP contribution in [-0.4, -0.2) is 36.5 Å². The van der Waals surface area contributed by atoms with Crippen molar-refractivity contribution < 1.29 is 14.3 Å². The Morgan fingerprint density at radius 3 is 2.59 bits per heavy atom. The summed E-state index contributed by atoms with van der Waals surface area (Å²) in [5.41, 5.74) is 3.23. The fourth-order valence-electron chi connectivity index (χ4n) is 3.35. The Hall–Kier alpha value is -2.37. The molecule has 2 aromatic rings. The number of rotatable bonds is 6. The van der Waals surface area contributed by atoms with Crippen molar-refractivity contribution in [2.45, 2.75) is 32.0 Å². The van der Waals surface area contributed by atoms with Crippen LogP contribution < -0.4 is 5.32 Å². The minimum Gasteiger partial charge on any atom is -0.468 e. The number of benzene rings is 2. The fraction of sp³-hybridized carbons (Fsp3) is 0.333. The van der Waals surface area contributed by atoms with Gasteiger partial charge in [0.15, 0.2) is 0 Å². The topological polar surface area (TPSA) is 58.6 Å². The standard InChI is InChI=1S/C21H23ClN2O3/c1-27-21(26)19-12-15-6-2-3-8-17(15)14-24(19)11-10-20(25)23-13-16-7-4-5-9-18(16)22/h2-9,19H,10-14H2,1H3,(H,23,25). The molecule has 1 heterocycles. The molecule has 1 N–H and O–H groups in total. The summed E-state index contributed by atoms with van der Waals surface area (Å²) >= 11 is 6.11. The quantitative estimate of drug-likeness (QED) is 0.775. The van der Waals surface area contributed by atoms with Crippen LogP contribution in [0.4, 0.5) is 0 Å². The molecule has 6 heteroatoms. The van der Waals surface area contributed by atoms with Crippen molar-refractivity contribution in [3.05, 3.63) is 70.2 Å². The van der Waals surface area contributed by atoms with Crippen molar-refractivity contribution in [1.82, 2.24) is 10.2 Å². The monoisotopic (exact) mass is 386 g/mol. The van der Waals surface area contributed by atoms with Gasteiger partial charge in [-0.3, -0.25) is 14.5 Å². The van der Waals surface area contributed by atoms with Crippen molar-refractivity contribution in [3.63, 3.8) is 0 Å². The zero-order chi connectivity index (χ0) is 19.2. The van der Waals surface area contributed by atoms with Gasteiger partial charge in [0.2, 0.25) is 5.91 Å². The smallest absolute Gasteiger partial charge is 0.323 e. The molecular formula is C21H23ClN2O3. The number of hydrogen-bond donors (Lipinski definition) is 1. The molecule has 0 saturated heterocycles. The van der Waals surface area contributed by atoms with Gasteiger partial charge in [-0.15, -0.1) is 0 Å². The van der Waals surface area contributed by atoms with Crippen LogP contribution >= 0.6 is 11.6 Å². The van der Waals surface area contributed by atoms with E-state index in [0.717, 1.165) is 11.1 Å². The predicted molar refractivity (Wildman–Crippen MR) is 104 cm³/mol. The van der Waals surface area contributed by atoms with E-state index in [4.69, 9.17) is 16.3 Å². The maximum atomic E-state index is 12.3. The molecule has 1 aliphatic rings. The number of nitrogens with one attached hydrogen (secondary N) is 1. The van der Waals surface area contributed by atoms with E-state index in [1.54, 1.807) is 6.07 Å². The van der Waals surface area contributed by atoms with E-state index in [2.05, 4.69) is 11.4 Å². The van der Waals surface area contributed by atoms with E-state index >= 15 is 0 Å². The molecule has 3 rings (SSSR count). The normalized spacial score (nSPS) is 16.4. The molecule has 1 aliphatic heterocycles. The van der Waals surface area contributed by atoms with Crippen molar-refractivity contribution in [3.8, 4) is 0 Å². The highest BCUT2D eigenvalue weighted by Crippen LogP contribution is 2.24. The molecule has 2 aromatic carbocycles. The predicted octanol–water partition coefficient (Wildman–Crippen LogP) is 2.95. The molecule has 1 atom stereocenters. The number of carbonyl (C=O) groups excluding carboxylic acids is 2. The second-order valence-electron chi connectivity index (χ2n) is 6.60. The third kappa shape index (κ3) is 4.87. The zero-order valence-electron chi connectivity index (χ0n) is 15.3. The number of halogens is 1. The van der Waals surface area contributed by atoms with Crippen molar-refractivity contribution in [2.75, 3.05) is 13.7 Å². The average molecular weight is 387 g/mol. The molecule has 1 unspecified atom stereocenters. The zero-order valence-corrected chi connectivity index (χ0v) is 16.0. The lowest BCUT2D eigenvalue weighted by atomic mass is 9.94. The van der Waals surface area contributed by atoms with Gasteiger partial charge in [-0.1, -0.05) is 54.1 Å². The lowest BCUT2D eigenvalue weighted by Gasteiger charge is -2.35. The lowest BCUT2D eigenvalue weighted by molar-refractivity contribution is -0.148. The number of nitrogens with zero attached hydrogens (tertiary/aromatic N) is 1. The summed E-state index contributed by atoms with van der Waals surface area (Å²) in [5.74, 6) is -0.335. The van der Waals surface area contributed by atoms with Crippen LogP contribution in [0.15, 0.2) is 48.5 Å². The number of esters is 1. The minimum atomic E-state index is -0.360. The average Bonchev–Trinajstić information content (AvgIpc) is 2.70. The maximum absolute atomic E-state index is 12.3. The molecule has 0 radical (unpaired) electrons. The van der Waals surface area contributed by atoms with E-state index in [9.17, 15) is 9.59 Å². The Morgan fingerprint density at radius 2 is 1.85 bits per heavy atom. The van der Waals surface area contributed by atoms with Crippen LogP contribution in [0.1, 0.15) is 23.1 Å².